The predicted molar refractivity (Wildman–Crippen MR) is 113 cm³/mol. The first-order valence-corrected chi connectivity index (χ1v) is 11.8. The lowest BCUT2D eigenvalue weighted by molar-refractivity contribution is -0.0895. The monoisotopic (exact) mass is 450 g/mol. The third kappa shape index (κ3) is 3.75. The fraction of sp³-hybridized carbons (Fsp3) is 0.545. The van der Waals surface area contributed by atoms with Gasteiger partial charge in [0, 0.05) is 25.2 Å². The number of alkyl halides is 3. The maximum atomic E-state index is 13.6. The van der Waals surface area contributed by atoms with Gasteiger partial charge in [-0.3, -0.25) is 9.89 Å². The Bertz CT molecular complexity index is 966. The van der Waals surface area contributed by atoms with Crippen molar-refractivity contribution in [1.29, 1.82) is 0 Å². The molecule has 31 heavy (non-hydrogen) atoms. The number of amides is 1. The number of aromatic nitrogens is 2. The van der Waals surface area contributed by atoms with Gasteiger partial charge in [0.05, 0.1) is 17.8 Å². The van der Waals surface area contributed by atoms with Gasteiger partial charge in [-0.15, -0.1) is 0 Å². The highest BCUT2D eigenvalue weighted by molar-refractivity contribution is 7.96. The molecule has 0 spiro atoms. The molecule has 0 aromatic carbocycles. The summed E-state index contributed by atoms with van der Waals surface area (Å²) < 4.78 is 43.0. The highest BCUT2D eigenvalue weighted by Crippen LogP contribution is 2.48. The molecule has 1 amide bonds. The van der Waals surface area contributed by atoms with Crippen LogP contribution < -0.4 is 0 Å². The molecule has 0 bridgehead atoms. The first-order chi connectivity index (χ1) is 14.8. The number of nitrogens with one attached hydrogen (secondary N) is 1. The molecule has 3 heterocycles. The van der Waals surface area contributed by atoms with Crippen LogP contribution in [0.1, 0.15) is 41.0 Å². The van der Waals surface area contributed by atoms with E-state index in [1.54, 1.807) is 18.0 Å². The first kappa shape index (κ1) is 20.9. The summed E-state index contributed by atoms with van der Waals surface area (Å²) in [5.74, 6) is 0.381. The lowest BCUT2D eigenvalue weighted by Crippen LogP contribution is -2.31. The molecule has 2 fully saturated rings. The van der Waals surface area contributed by atoms with Crippen molar-refractivity contribution in [2.24, 2.45) is 17.8 Å². The van der Waals surface area contributed by atoms with Crippen LogP contribution in [0, 0.1) is 17.8 Å². The number of allylic oxidation sites excluding steroid dienone is 6. The number of nitrogens with zero attached hydrogens (tertiary/aromatic N) is 3. The normalized spacial score (nSPS) is 28.4. The van der Waals surface area contributed by atoms with E-state index >= 15 is 0 Å². The van der Waals surface area contributed by atoms with Crippen LogP contribution >= 0.6 is 11.9 Å². The Morgan fingerprint density at radius 1 is 1.19 bits per heavy atom. The summed E-state index contributed by atoms with van der Waals surface area (Å²) >= 11 is 1.64. The number of hydrogen-bond donors (Lipinski definition) is 1. The van der Waals surface area contributed by atoms with Crippen molar-refractivity contribution >= 4 is 17.9 Å². The molecule has 9 heteroatoms. The minimum Gasteiger partial charge on any atom is -0.337 e. The Balaban J connectivity index is 1.29. The lowest BCUT2D eigenvalue weighted by Gasteiger charge is -2.22. The van der Waals surface area contributed by atoms with E-state index in [4.69, 9.17) is 0 Å². The van der Waals surface area contributed by atoms with Gasteiger partial charge in [-0.25, -0.2) is 4.31 Å². The molecule has 3 atom stereocenters. The second kappa shape index (κ2) is 7.85. The van der Waals surface area contributed by atoms with E-state index < -0.39 is 11.7 Å². The minimum absolute atomic E-state index is 0.0538. The number of H-pyrrole nitrogens is 1. The maximum Gasteiger partial charge on any atom is 0.416 e. The molecular weight excluding hydrogens is 425 g/mol. The van der Waals surface area contributed by atoms with E-state index in [1.165, 1.54) is 12.2 Å². The van der Waals surface area contributed by atoms with E-state index in [2.05, 4.69) is 14.5 Å². The zero-order valence-electron chi connectivity index (χ0n) is 17.3. The lowest BCUT2D eigenvalue weighted by atomic mass is 9.89. The Labute approximate surface area is 183 Å². The van der Waals surface area contributed by atoms with Crippen LogP contribution in [-0.4, -0.2) is 50.8 Å². The molecule has 1 aromatic rings. The van der Waals surface area contributed by atoms with Crippen LogP contribution in [0.4, 0.5) is 13.2 Å². The predicted octanol–water partition coefficient (Wildman–Crippen LogP) is 4.48. The number of hydrogen-bond acceptors (Lipinski definition) is 4. The van der Waals surface area contributed by atoms with Crippen molar-refractivity contribution in [3.05, 3.63) is 52.4 Å². The molecule has 5 rings (SSSR count). The Morgan fingerprint density at radius 3 is 2.61 bits per heavy atom. The highest BCUT2D eigenvalue weighted by Gasteiger charge is 2.46. The summed E-state index contributed by atoms with van der Waals surface area (Å²) in [6.45, 7) is 2.66. The topological polar surface area (TPSA) is 52.2 Å². The van der Waals surface area contributed by atoms with Gasteiger partial charge in [-0.05, 0) is 43.3 Å². The Hall–Kier alpha value is -2.00. The molecular formula is C22H25F3N4OS. The fourth-order valence-corrected chi connectivity index (χ4v) is 6.14. The van der Waals surface area contributed by atoms with Gasteiger partial charge in [0.15, 0.2) is 5.69 Å². The van der Waals surface area contributed by atoms with Crippen LogP contribution in [0.15, 0.2) is 35.5 Å². The van der Waals surface area contributed by atoms with Crippen LogP contribution in [0.25, 0.3) is 0 Å². The number of halogens is 3. The van der Waals surface area contributed by atoms with Crippen molar-refractivity contribution in [3.8, 4) is 0 Å². The zero-order valence-corrected chi connectivity index (χ0v) is 18.1. The fourth-order valence-electron chi connectivity index (χ4n) is 5.62. The molecule has 2 aliphatic heterocycles. The average molecular weight is 451 g/mol. The highest BCUT2D eigenvalue weighted by atomic mass is 32.2. The summed E-state index contributed by atoms with van der Waals surface area (Å²) in [5.41, 5.74) is 2.50. The molecule has 1 saturated carbocycles. The van der Waals surface area contributed by atoms with Gasteiger partial charge < -0.3 is 4.90 Å². The summed E-state index contributed by atoms with van der Waals surface area (Å²) in [4.78, 5) is 15.0. The minimum atomic E-state index is -4.33. The van der Waals surface area contributed by atoms with Gasteiger partial charge in [0.2, 0.25) is 0 Å². The van der Waals surface area contributed by atoms with Crippen LogP contribution in [0.3, 0.4) is 0 Å². The van der Waals surface area contributed by atoms with Crippen molar-refractivity contribution < 1.29 is 18.0 Å². The van der Waals surface area contributed by atoms with Gasteiger partial charge in [0.1, 0.15) is 0 Å². The number of aromatic amines is 1. The Morgan fingerprint density at radius 2 is 1.94 bits per heavy atom. The molecule has 1 aromatic heterocycles. The number of carbonyl (C=O) groups excluding carboxylic acids is 1. The van der Waals surface area contributed by atoms with Crippen molar-refractivity contribution in [1.82, 2.24) is 19.4 Å². The van der Waals surface area contributed by atoms with Gasteiger partial charge in [0.25, 0.3) is 5.91 Å². The van der Waals surface area contributed by atoms with E-state index in [0.717, 1.165) is 17.8 Å². The summed E-state index contributed by atoms with van der Waals surface area (Å²) in [6.07, 6.45) is 5.64. The van der Waals surface area contributed by atoms with Crippen molar-refractivity contribution in [3.63, 3.8) is 0 Å². The van der Waals surface area contributed by atoms with Crippen LogP contribution in [-0.2, 0) is 13.1 Å². The molecule has 1 saturated heterocycles. The van der Waals surface area contributed by atoms with Gasteiger partial charge in [-0.2, -0.15) is 18.3 Å². The number of likely N-dealkylation sites (tertiary alicyclic amines) is 1. The molecule has 5 nitrogen and oxygen atoms in total. The van der Waals surface area contributed by atoms with E-state index in [-0.39, 0.29) is 23.7 Å². The molecule has 1 unspecified atom stereocenters. The third-order valence-electron chi connectivity index (χ3n) is 7.11. The quantitative estimate of drug-likeness (QED) is 0.690. The maximum absolute atomic E-state index is 13.6. The van der Waals surface area contributed by atoms with Crippen LogP contribution in [0.2, 0.25) is 0 Å². The molecule has 2 aliphatic carbocycles. The zero-order chi connectivity index (χ0) is 21.8. The Kier molecular flexibility index (Phi) is 5.29. The summed E-state index contributed by atoms with van der Waals surface area (Å²) in [6, 6.07) is 0. The van der Waals surface area contributed by atoms with Crippen molar-refractivity contribution in [2.45, 2.75) is 38.5 Å². The molecule has 0 radical (unpaired) electrons. The van der Waals surface area contributed by atoms with Gasteiger partial charge in [-0.1, -0.05) is 41.8 Å². The molecule has 166 valence electrons. The summed E-state index contributed by atoms with van der Waals surface area (Å²) in [5, 5.41) is 7.28. The number of carbonyl (C=O) groups is 1. The SMILES string of the molecule is CSN1Cc2[nH]nc(C(=O)N3C[C@H]4CC(C5=C(C(F)(F)F)C=CC=CC5)C[C@H]4C3)c2C1. The number of fused-ring (bicyclic) bond motifs is 2. The van der Waals surface area contributed by atoms with E-state index in [1.807, 2.05) is 17.2 Å². The van der Waals surface area contributed by atoms with Crippen LogP contribution in [0.5, 0.6) is 0 Å². The summed E-state index contributed by atoms with van der Waals surface area (Å²) in [7, 11) is 0. The smallest absolute Gasteiger partial charge is 0.337 e. The van der Waals surface area contributed by atoms with E-state index in [9.17, 15) is 18.0 Å². The van der Waals surface area contributed by atoms with E-state index in [0.29, 0.717) is 50.2 Å². The standard InChI is InChI=1S/C22H25F3N4OS/c1-31-29-11-17-19(12-29)26-27-20(17)21(30)28-9-14-7-13(8-15(14)10-28)16-5-3-2-4-6-18(16)22(23,24)25/h2-4,6,13-15H,5,7-12H2,1H3,(H,26,27)/t13?,14-,15+. The largest absolute Gasteiger partial charge is 0.416 e. The second-order valence-corrected chi connectivity index (χ2v) is 9.72. The average Bonchev–Trinajstić information content (AvgIpc) is 3.42. The van der Waals surface area contributed by atoms with Gasteiger partial charge >= 0.3 is 6.18 Å². The van der Waals surface area contributed by atoms with Crippen molar-refractivity contribution in [2.75, 3.05) is 19.3 Å². The molecule has 1 N–H and O–H groups in total. The molecule has 4 aliphatic rings. The number of rotatable bonds is 3. The third-order valence-corrected chi connectivity index (χ3v) is 7.89. The second-order valence-electron chi connectivity index (χ2n) is 8.84. The first-order valence-electron chi connectivity index (χ1n) is 10.6.